The molecular weight excluding hydrogens is 354 g/mol. The van der Waals surface area contributed by atoms with Crippen LogP contribution in [0.4, 0.5) is 5.82 Å². The molecule has 9 heteroatoms. The number of nitrogens with zero attached hydrogens (tertiary/aromatic N) is 4. The highest BCUT2D eigenvalue weighted by Crippen LogP contribution is 2.34. The molecule has 1 aromatic carbocycles. The SMILES string of the molecule is COc1cccc2c(N3CC(CCN(C4CC4)S(N)(=O)=O)C3)ncnc12. The van der Waals surface area contributed by atoms with Crippen LogP contribution in [0.3, 0.4) is 0 Å². The monoisotopic (exact) mass is 377 g/mol. The molecule has 8 nitrogen and oxygen atoms in total. The van der Waals surface area contributed by atoms with Gasteiger partial charge in [-0.2, -0.15) is 12.7 Å². The van der Waals surface area contributed by atoms with Crippen LogP contribution in [0.2, 0.25) is 0 Å². The molecule has 2 aliphatic rings. The fourth-order valence-electron chi connectivity index (χ4n) is 3.58. The molecule has 0 unspecified atom stereocenters. The van der Waals surface area contributed by atoms with Gasteiger partial charge in [0.25, 0.3) is 10.2 Å². The van der Waals surface area contributed by atoms with Crippen LogP contribution in [-0.4, -0.2) is 55.5 Å². The van der Waals surface area contributed by atoms with Crippen LogP contribution in [0.5, 0.6) is 5.75 Å². The molecule has 1 aliphatic carbocycles. The summed E-state index contributed by atoms with van der Waals surface area (Å²) in [5.41, 5.74) is 0.803. The number of aromatic nitrogens is 2. The Kier molecular flexibility index (Phi) is 4.45. The van der Waals surface area contributed by atoms with E-state index in [4.69, 9.17) is 9.88 Å². The first-order chi connectivity index (χ1) is 12.5. The van der Waals surface area contributed by atoms with Crippen molar-refractivity contribution in [2.45, 2.75) is 25.3 Å². The van der Waals surface area contributed by atoms with Crippen LogP contribution in [0.25, 0.3) is 10.9 Å². The second-order valence-corrected chi connectivity index (χ2v) is 8.50. The molecule has 4 rings (SSSR count). The van der Waals surface area contributed by atoms with Gasteiger partial charge in [0.2, 0.25) is 0 Å². The standard InChI is InChI=1S/C17H23N5O3S/c1-25-15-4-2-3-14-16(15)19-11-20-17(14)21-9-12(10-21)7-8-22(13-5-6-13)26(18,23)24/h2-4,11-13H,5-10H2,1H3,(H2,18,23,24). The molecule has 0 spiro atoms. The normalized spacial score (nSPS) is 18.3. The van der Waals surface area contributed by atoms with E-state index in [1.165, 1.54) is 4.31 Å². The molecule has 0 radical (unpaired) electrons. The molecule has 0 bridgehead atoms. The first kappa shape index (κ1) is 17.4. The number of hydrogen-bond donors (Lipinski definition) is 1. The van der Waals surface area contributed by atoms with E-state index in [2.05, 4.69) is 14.9 Å². The van der Waals surface area contributed by atoms with Gasteiger partial charge in [-0.3, -0.25) is 0 Å². The van der Waals surface area contributed by atoms with Crippen molar-refractivity contribution in [2.75, 3.05) is 31.6 Å². The van der Waals surface area contributed by atoms with Crippen LogP contribution in [0.15, 0.2) is 24.5 Å². The lowest BCUT2D eigenvalue weighted by molar-refractivity contribution is 0.319. The predicted molar refractivity (Wildman–Crippen MR) is 99.2 cm³/mol. The molecule has 2 N–H and O–H groups in total. The summed E-state index contributed by atoms with van der Waals surface area (Å²) in [7, 11) is -1.97. The number of para-hydroxylation sites is 1. The van der Waals surface area contributed by atoms with Crippen LogP contribution >= 0.6 is 0 Å². The summed E-state index contributed by atoms with van der Waals surface area (Å²) in [4.78, 5) is 11.0. The van der Waals surface area contributed by atoms with Crippen molar-refractivity contribution in [3.05, 3.63) is 24.5 Å². The van der Waals surface area contributed by atoms with Crippen molar-refractivity contribution >= 4 is 26.9 Å². The maximum atomic E-state index is 11.7. The summed E-state index contributed by atoms with van der Waals surface area (Å²) < 4.78 is 30.2. The first-order valence-electron chi connectivity index (χ1n) is 8.79. The fourth-order valence-corrected chi connectivity index (χ4v) is 4.57. The van der Waals surface area contributed by atoms with Gasteiger partial charge in [-0.15, -0.1) is 0 Å². The van der Waals surface area contributed by atoms with Crippen LogP contribution in [-0.2, 0) is 10.2 Å². The van der Waals surface area contributed by atoms with E-state index < -0.39 is 10.2 Å². The van der Waals surface area contributed by atoms with Gasteiger partial charge in [-0.25, -0.2) is 15.1 Å². The van der Waals surface area contributed by atoms with Crippen LogP contribution in [0, 0.1) is 5.92 Å². The van der Waals surface area contributed by atoms with E-state index in [1.54, 1.807) is 13.4 Å². The molecule has 1 aromatic heterocycles. The van der Waals surface area contributed by atoms with Gasteiger partial charge in [-0.05, 0) is 37.3 Å². The zero-order valence-electron chi connectivity index (χ0n) is 14.7. The number of anilines is 1. The van der Waals surface area contributed by atoms with Crippen molar-refractivity contribution < 1.29 is 13.2 Å². The second kappa shape index (κ2) is 6.64. The Labute approximate surface area is 153 Å². The molecule has 0 atom stereocenters. The third-order valence-corrected chi connectivity index (χ3v) is 6.26. The maximum absolute atomic E-state index is 11.7. The minimum atomic E-state index is -3.60. The zero-order chi connectivity index (χ0) is 18.3. The summed E-state index contributed by atoms with van der Waals surface area (Å²) >= 11 is 0. The zero-order valence-corrected chi connectivity index (χ0v) is 15.5. The molecule has 2 fully saturated rings. The van der Waals surface area contributed by atoms with E-state index in [1.807, 2.05) is 18.2 Å². The molecular formula is C17H23N5O3S. The van der Waals surface area contributed by atoms with Crippen molar-refractivity contribution in [1.29, 1.82) is 0 Å². The highest BCUT2D eigenvalue weighted by atomic mass is 32.2. The third-order valence-electron chi connectivity index (χ3n) is 5.12. The summed E-state index contributed by atoms with van der Waals surface area (Å²) in [6.45, 7) is 2.21. The van der Waals surface area contributed by atoms with Crippen LogP contribution in [0.1, 0.15) is 19.3 Å². The largest absolute Gasteiger partial charge is 0.494 e. The summed E-state index contributed by atoms with van der Waals surface area (Å²) in [5, 5.41) is 6.30. The van der Waals surface area contributed by atoms with E-state index in [9.17, 15) is 8.42 Å². The Morgan fingerprint density at radius 1 is 1.31 bits per heavy atom. The van der Waals surface area contributed by atoms with Crippen LogP contribution < -0.4 is 14.8 Å². The number of rotatable bonds is 7. The highest BCUT2D eigenvalue weighted by Gasteiger charge is 2.37. The van der Waals surface area contributed by atoms with Crippen molar-refractivity contribution in [1.82, 2.24) is 14.3 Å². The Balaban J connectivity index is 1.41. The van der Waals surface area contributed by atoms with Gasteiger partial charge in [0.15, 0.2) is 0 Å². The highest BCUT2D eigenvalue weighted by molar-refractivity contribution is 7.86. The van der Waals surface area contributed by atoms with Crippen molar-refractivity contribution in [3.8, 4) is 5.75 Å². The van der Waals surface area contributed by atoms with E-state index in [0.29, 0.717) is 12.5 Å². The molecule has 0 amide bonds. The Hall–Kier alpha value is -1.97. The van der Waals surface area contributed by atoms with Gasteiger partial charge in [0.05, 0.1) is 7.11 Å². The lowest BCUT2D eigenvalue weighted by Crippen LogP contribution is -2.49. The van der Waals surface area contributed by atoms with Crippen molar-refractivity contribution in [3.63, 3.8) is 0 Å². The Morgan fingerprint density at radius 3 is 2.73 bits per heavy atom. The van der Waals surface area contributed by atoms with E-state index in [0.717, 1.165) is 54.8 Å². The lowest BCUT2D eigenvalue weighted by atomic mass is 9.96. The van der Waals surface area contributed by atoms with Gasteiger partial charge in [-0.1, -0.05) is 6.07 Å². The lowest BCUT2D eigenvalue weighted by Gasteiger charge is -2.41. The quantitative estimate of drug-likeness (QED) is 0.776. The Morgan fingerprint density at radius 2 is 2.08 bits per heavy atom. The fraction of sp³-hybridized carbons (Fsp3) is 0.529. The van der Waals surface area contributed by atoms with Crippen molar-refractivity contribution in [2.24, 2.45) is 11.1 Å². The minimum absolute atomic E-state index is 0.111. The minimum Gasteiger partial charge on any atom is -0.494 e. The topological polar surface area (TPSA) is 102 Å². The molecule has 2 heterocycles. The number of hydrogen-bond acceptors (Lipinski definition) is 6. The van der Waals surface area contributed by atoms with E-state index in [-0.39, 0.29) is 6.04 Å². The summed E-state index contributed by atoms with van der Waals surface area (Å²) in [6.07, 6.45) is 4.21. The number of benzene rings is 1. The number of fused-ring (bicyclic) bond motifs is 1. The smallest absolute Gasteiger partial charge is 0.277 e. The third kappa shape index (κ3) is 3.34. The molecule has 140 valence electrons. The molecule has 26 heavy (non-hydrogen) atoms. The molecule has 1 saturated carbocycles. The van der Waals surface area contributed by atoms with Gasteiger partial charge >= 0.3 is 0 Å². The van der Waals surface area contributed by atoms with E-state index >= 15 is 0 Å². The average Bonchev–Trinajstić information content (AvgIpc) is 3.39. The first-order valence-corrected chi connectivity index (χ1v) is 10.3. The van der Waals surface area contributed by atoms with Gasteiger partial charge in [0.1, 0.15) is 23.4 Å². The van der Waals surface area contributed by atoms with Gasteiger partial charge in [0, 0.05) is 31.1 Å². The second-order valence-electron chi connectivity index (χ2n) is 7.00. The summed E-state index contributed by atoms with van der Waals surface area (Å²) in [5.74, 6) is 2.07. The number of ether oxygens (including phenoxy) is 1. The molecule has 1 aliphatic heterocycles. The number of methoxy groups -OCH3 is 1. The average molecular weight is 377 g/mol. The number of nitrogens with two attached hydrogens (primary N) is 1. The summed E-state index contributed by atoms with van der Waals surface area (Å²) in [6, 6.07) is 5.93. The molecule has 1 saturated heterocycles. The maximum Gasteiger partial charge on any atom is 0.277 e. The van der Waals surface area contributed by atoms with Gasteiger partial charge < -0.3 is 9.64 Å². The Bertz CT molecular complexity index is 910. The predicted octanol–water partition coefficient (Wildman–Crippen LogP) is 1.13. The molecule has 2 aromatic rings.